The van der Waals surface area contributed by atoms with Crippen LogP contribution in [0.25, 0.3) is 0 Å². The van der Waals surface area contributed by atoms with Crippen LogP contribution in [0, 0.1) is 0 Å². The molecule has 23 heavy (non-hydrogen) atoms. The van der Waals surface area contributed by atoms with E-state index in [0.29, 0.717) is 23.8 Å². The van der Waals surface area contributed by atoms with Gasteiger partial charge in [0.2, 0.25) is 0 Å². The van der Waals surface area contributed by atoms with E-state index in [-0.39, 0.29) is 5.56 Å². The Morgan fingerprint density at radius 3 is 2.74 bits per heavy atom. The van der Waals surface area contributed by atoms with E-state index in [2.05, 4.69) is 10.4 Å². The number of aromatic nitrogens is 2. The molecule has 2 rings (SSSR count). The second-order valence-electron chi connectivity index (χ2n) is 6.17. The molecule has 1 aromatic carbocycles. The highest BCUT2D eigenvalue weighted by atomic mass is 35.5. The molecule has 1 aromatic heterocycles. The van der Waals surface area contributed by atoms with Gasteiger partial charge in [0.25, 0.3) is 5.56 Å². The van der Waals surface area contributed by atoms with Crippen molar-refractivity contribution in [2.24, 2.45) is 0 Å². The Labute approximate surface area is 139 Å². The minimum absolute atomic E-state index is 0.224. The fourth-order valence-corrected chi connectivity index (χ4v) is 2.22. The third-order valence-electron chi connectivity index (χ3n) is 2.94. The second-order valence-corrected chi connectivity index (χ2v) is 6.60. The van der Waals surface area contributed by atoms with Crippen molar-refractivity contribution in [2.45, 2.75) is 39.3 Å². The van der Waals surface area contributed by atoms with Crippen molar-refractivity contribution in [3.05, 3.63) is 51.3 Å². The van der Waals surface area contributed by atoms with Crippen LogP contribution in [0.5, 0.6) is 0 Å². The van der Waals surface area contributed by atoms with E-state index in [1.807, 2.05) is 18.2 Å². The third kappa shape index (κ3) is 5.49. The Morgan fingerprint density at radius 1 is 1.35 bits per heavy atom. The quantitative estimate of drug-likeness (QED) is 0.897. The first-order chi connectivity index (χ1) is 10.7. The average molecular weight is 338 g/mol. The van der Waals surface area contributed by atoms with Crippen molar-refractivity contribution in [1.82, 2.24) is 9.78 Å². The van der Waals surface area contributed by atoms with Gasteiger partial charge in [-0.1, -0.05) is 23.7 Å². The molecule has 124 valence electrons. The number of carbonyl (C=O) groups excluding carboxylic acids is 1. The third-order valence-corrected chi connectivity index (χ3v) is 3.17. The molecule has 0 aliphatic rings. The van der Waals surface area contributed by atoms with Gasteiger partial charge in [0, 0.05) is 17.6 Å². The Bertz CT molecular complexity index is 744. The lowest BCUT2D eigenvalue weighted by Crippen LogP contribution is -2.27. The molecule has 1 heterocycles. The van der Waals surface area contributed by atoms with Crippen LogP contribution in [0.3, 0.4) is 0 Å². The van der Waals surface area contributed by atoms with E-state index in [9.17, 15) is 9.59 Å². The summed E-state index contributed by atoms with van der Waals surface area (Å²) < 4.78 is 6.56. The summed E-state index contributed by atoms with van der Waals surface area (Å²) >= 11 is 5.93. The van der Waals surface area contributed by atoms with Crippen molar-refractivity contribution < 1.29 is 9.53 Å². The van der Waals surface area contributed by atoms with Crippen molar-refractivity contribution in [3.63, 3.8) is 0 Å². The van der Waals surface area contributed by atoms with Crippen LogP contribution in [-0.4, -0.2) is 21.5 Å². The van der Waals surface area contributed by atoms with Gasteiger partial charge >= 0.3 is 6.09 Å². The van der Waals surface area contributed by atoms with Crippen LogP contribution in [0.1, 0.15) is 26.3 Å². The zero-order chi connectivity index (χ0) is 17.0. The molecule has 0 radical (unpaired) electrons. The first-order valence-corrected chi connectivity index (χ1v) is 7.65. The number of nitrogens with zero attached hydrogens (tertiary/aromatic N) is 1. The number of hydrogen-bond donors (Lipinski definition) is 2. The van der Waals surface area contributed by atoms with Crippen LogP contribution < -0.4 is 10.9 Å². The molecule has 6 nitrogen and oxygen atoms in total. The lowest BCUT2D eigenvalue weighted by atomic mass is 10.1. The van der Waals surface area contributed by atoms with Gasteiger partial charge in [0.05, 0.1) is 0 Å². The van der Waals surface area contributed by atoms with Gasteiger partial charge in [-0.2, -0.15) is 0 Å². The molecule has 0 atom stereocenters. The number of H-pyrrole nitrogens is 1. The molecule has 0 aliphatic carbocycles. The fourth-order valence-electron chi connectivity index (χ4n) is 2.01. The Kier molecular flexibility index (Phi) is 5.15. The van der Waals surface area contributed by atoms with Gasteiger partial charge in [0.15, 0.2) is 0 Å². The van der Waals surface area contributed by atoms with Gasteiger partial charge in [-0.15, -0.1) is 0 Å². The highest BCUT2D eigenvalue weighted by Gasteiger charge is 2.17. The second kappa shape index (κ2) is 6.91. The number of ether oxygens (including phenoxy) is 1. The maximum atomic E-state index is 11.9. The first-order valence-electron chi connectivity index (χ1n) is 7.27. The molecule has 7 heteroatoms. The predicted molar refractivity (Wildman–Crippen MR) is 90.1 cm³/mol. The predicted octanol–water partition coefficient (Wildman–Crippen LogP) is 3.42. The summed E-state index contributed by atoms with van der Waals surface area (Å²) in [6.45, 7) is 5.76. The molecule has 0 fully saturated rings. The SMILES string of the molecule is CC(C)(C)OC(=O)Nc1cc(=O)n(CCc2cccc(Cl)c2)[nH]1. The zero-order valence-electron chi connectivity index (χ0n) is 13.4. The number of carbonyl (C=O) groups is 1. The normalized spacial score (nSPS) is 11.3. The van der Waals surface area contributed by atoms with Crippen LogP contribution in [0.15, 0.2) is 35.1 Å². The molecule has 2 N–H and O–H groups in total. The summed E-state index contributed by atoms with van der Waals surface area (Å²) in [5, 5.41) is 6.01. The highest BCUT2D eigenvalue weighted by Crippen LogP contribution is 2.12. The molecule has 0 saturated heterocycles. The Morgan fingerprint density at radius 2 is 2.09 bits per heavy atom. The Balaban J connectivity index is 1.98. The number of aromatic amines is 1. The van der Waals surface area contributed by atoms with Crippen LogP contribution in [0.2, 0.25) is 5.02 Å². The van der Waals surface area contributed by atoms with Gasteiger partial charge in [0.1, 0.15) is 11.4 Å². The van der Waals surface area contributed by atoms with E-state index in [1.54, 1.807) is 26.8 Å². The largest absolute Gasteiger partial charge is 0.444 e. The molecule has 0 aliphatic heterocycles. The number of aryl methyl sites for hydroxylation is 2. The fraction of sp³-hybridized carbons (Fsp3) is 0.375. The molecular formula is C16H20ClN3O3. The number of halogens is 1. The molecule has 1 amide bonds. The number of benzene rings is 1. The zero-order valence-corrected chi connectivity index (χ0v) is 14.1. The van der Waals surface area contributed by atoms with Crippen molar-refractivity contribution in [3.8, 4) is 0 Å². The molecular weight excluding hydrogens is 318 g/mol. The molecule has 0 spiro atoms. The van der Waals surface area contributed by atoms with Gasteiger partial charge in [-0.25, -0.2) is 4.79 Å². The molecule has 0 unspecified atom stereocenters. The lowest BCUT2D eigenvalue weighted by molar-refractivity contribution is 0.0635. The van der Waals surface area contributed by atoms with Gasteiger partial charge in [-0.05, 0) is 44.9 Å². The number of rotatable bonds is 4. The minimum atomic E-state index is -0.610. The van der Waals surface area contributed by atoms with E-state index in [1.165, 1.54) is 10.7 Å². The maximum Gasteiger partial charge on any atom is 0.413 e. The maximum absolute atomic E-state index is 11.9. The van der Waals surface area contributed by atoms with E-state index >= 15 is 0 Å². The number of nitrogens with one attached hydrogen (secondary N) is 2. The number of hydrogen-bond acceptors (Lipinski definition) is 3. The molecule has 0 bridgehead atoms. The summed E-state index contributed by atoms with van der Waals surface area (Å²) in [5.41, 5.74) is 0.207. The molecule has 0 saturated carbocycles. The van der Waals surface area contributed by atoms with Crippen molar-refractivity contribution >= 4 is 23.5 Å². The summed E-state index contributed by atoms with van der Waals surface area (Å²) in [5.74, 6) is 0.301. The van der Waals surface area contributed by atoms with Gasteiger partial charge < -0.3 is 4.74 Å². The van der Waals surface area contributed by atoms with E-state index in [4.69, 9.17) is 16.3 Å². The number of amides is 1. The smallest absolute Gasteiger partial charge is 0.413 e. The highest BCUT2D eigenvalue weighted by molar-refractivity contribution is 6.30. The standard InChI is InChI=1S/C16H20ClN3O3/c1-16(2,3)23-15(22)18-13-10-14(21)20(19-13)8-7-11-5-4-6-12(17)9-11/h4-6,9-10,19H,7-8H2,1-3H3,(H,18,22). The van der Waals surface area contributed by atoms with Crippen molar-refractivity contribution in [1.29, 1.82) is 0 Å². The lowest BCUT2D eigenvalue weighted by Gasteiger charge is -2.19. The average Bonchev–Trinajstić information content (AvgIpc) is 2.74. The number of anilines is 1. The summed E-state index contributed by atoms with van der Waals surface area (Å²) in [7, 11) is 0. The first kappa shape index (κ1) is 17.1. The monoisotopic (exact) mass is 337 g/mol. The van der Waals surface area contributed by atoms with Gasteiger partial charge in [-0.3, -0.25) is 19.9 Å². The summed E-state index contributed by atoms with van der Waals surface area (Å²) in [6.07, 6.45) is 0.0353. The molecule has 2 aromatic rings. The Hall–Kier alpha value is -2.21. The van der Waals surface area contributed by atoms with E-state index in [0.717, 1.165) is 5.56 Å². The van der Waals surface area contributed by atoms with Crippen LogP contribution in [-0.2, 0) is 17.7 Å². The van der Waals surface area contributed by atoms with Crippen LogP contribution in [0.4, 0.5) is 10.6 Å². The summed E-state index contributed by atoms with van der Waals surface area (Å²) in [4.78, 5) is 23.6. The summed E-state index contributed by atoms with van der Waals surface area (Å²) in [6, 6.07) is 8.79. The van der Waals surface area contributed by atoms with Crippen molar-refractivity contribution in [2.75, 3.05) is 5.32 Å². The topological polar surface area (TPSA) is 76.1 Å². The van der Waals surface area contributed by atoms with E-state index < -0.39 is 11.7 Å². The minimum Gasteiger partial charge on any atom is -0.444 e. The van der Waals surface area contributed by atoms with Crippen LogP contribution >= 0.6 is 11.6 Å².